The third kappa shape index (κ3) is 3.94. The molecule has 0 aliphatic carbocycles. The zero-order valence-electron chi connectivity index (χ0n) is 13.7. The quantitative estimate of drug-likeness (QED) is 0.842. The summed E-state index contributed by atoms with van der Waals surface area (Å²) in [5, 5.41) is 8.08. The van der Waals surface area contributed by atoms with E-state index < -0.39 is 0 Å². The molecule has 1 aromatic heterocycles. The van der Waals surface area contributed by atoms with Gasteiger partial charge in [0.05, 0.1) is 0 Å². The first kappa shape index (κ1) is 18.0. The van der Waals surface area contributed by atoms with Crippen molar-refractivity contribution >= 4 is 29.8 Å². The first-order valence-electron chi connectivity index (χ1n) is 7.83. The van der Waals surface area contributed by atoms with Crippen molar-refractivity contribution in [3.8, 4) is 0 Å². The summed E-state index contributed by atoms with van der Waals surface area (Å²) in [7, 11) is 0. The van der Waals surface area contributed by atoms with Gasteiger partial charge in [-0.1, -0.05) is 6.07 Å². The van der Waals surface area contributed by atoms with Crippen LogP contribution in [0.4, 0.5) is 11.5 Å². The average molecular weight is 348 g/mol. The molecule has 2 N–H and O–H groups in total. The molecule has 1 aliphatic heterocycles. The summed E-state index contributed by atoms with van der Waals surface area (Å²) in [6, 6.07) is 9.32. The van der Waals surface area contributed by atoms with Crippen molar-refractivity contribution in [1.82, 2.24) is 15.1 Å². The number of halogens is 1. The number of nitrogen functional groups attached to an aromatic ring is 1. The van der Waals surface area contributed by atoms with Crippen molar-refractivity contribution in [2.45, 2.75) is 13.3 Å². The Morgan fingerprint density at radius 2 is 2.00 bits per heavy atom. The van der Waals surface area contributed by atoms with Crippen LogP contribution in [0.3, 0.4) is 0 Å². The lowest BCUT2D eigenvalue weighted by Gasteiger charge is -2.23. The third-order valence-corrected chi connectivity index (χ3v) is 4.16. The molecule has 0 unspecified atom stereocenters. The van der Waals surface area contributed by atoms with Crippen LogP contribution in [0, 0.1) is 6.92 Å². The molecule has 0 atom stereocenters. The monoisotopic (exact) mass is 347 g/mol. The van der Waals surface area contributed by atoms with Crippen LogP contribution in [0.15, 0.2) is 36.5 Å². The highest BCUT2D eigenvalue weighted by molar-refractivity contribution is 5.96. The predicted octanol–water partition coefficient (Wildman–Crippen LogP) is 2.14. The van der Waals surface area contributed by atoms with Gasteiger partial charge in [-0.05, 0) is 43.2 Å². The highest BCUT2D eigenvalue weighted by Gasteiger charge is 2.22. The van der Waals surface area contributed by atoms with Crippen molar-refractivity contribution in [1.29, 1.82) is 0 Å². The van der Waals surface area contributed by atoms with Gasteiger partial charge < -0.3 is 15.5 Å². The number of nitrogens with zero attached hydrogens (tertiary/aromatic N) is 4. The molecule has 0 radical (unpaired) electrons. The van der Waals surface area contributed by atoms with Gasteiger partial charge >= 0.3 is 0 Å². The largest absolute Gasteiger partial charge is 0.399 e. The van der Waals surface area contributed by atoms with Crippen LogP contribution < -0.4 is 10.6 Å². The molecule has 6 nitrogen and oxygen atoms in total. The van der Waals surface area contributed by atoms with E-state index in [1.165, 1.54) is 0 Å². The summed E-state index contributed by atoms with van der Waals surface area (Å²) in [5.41, 5.74) is 8.10. The van der Waals surface area contributed by atoms with Crippen LogP contribution in [-0.4, -0.2) is 47.2 Å². The van der Waals surface area contributed by atoms with Gasteiger partial charge in [0.25, 0.3) is 5.91 Å². The van der Waals surface area contributed by atoms with E-state index in [-0.39, 0.29) is 18.3 Å². The maximum absolute atomic E-state index is 12.8. The Kier molecular flexibility index (Phi) is 5.98. The summed E-state index contributed by atoms with van der Waals surface area (Å²) in [6.07, 6.45) is 2.57. The van der Waals surface area contributed by atoms with Crippen LogP contribution in [0.2, 0.25) is 0 Å². The second-order valence-corrected chi connectivity index (χ2v) is 5.79. The Balaban J connectivity index is 0.00000208. The van der Waals surface area contributed by atoms with E-state index in [9.17, 15) is 4.79 Å². The number of aromatic nitrogens is 2. The zero-order chi connectivity index (χ0) is 16.2. The predicted molar refractivity (Wildman–Crippen MR) is 97.6 cm³/mol. The van der Waals surface area contributed by atoms with Gasteiger partial charge in [0.15, 0.2) is 5.82 Å². The Bertz CT molecular complexity index is 695. The second-order valence-electron chi connectivity index (χ2n) is 5.79. The van der Waals surface area contributed by atoms with Gasteiger partial charge in [-0.3, -0.25) is 4.79 Å². The molecule has 1 amide bonds. The number of carbonyl (C=O) groups is 1. The number of anilines is 2. The number of hydrogen-bond acceptors (Lipinski definition) is 5. The first-order valence-corrected chi connectivity index (χ1v) is 7.83. The van der Waals surface area contributed by atoms with Crippen LogP contribution in [0.25, 0.3) is 0 Å². The molecule has 3 rings (SSSR count). The van der Waals surface area contributed by atoms with Gasteiger partial charge in [0.1, 0.15) is 0 Å². The minimum absolute atomic E-state index is 0. The summed E-state index contributed by atoms with van der Waals surface area (Å²) in [5.74, 6) is 0.915. The number of hydrogen-bond donors (Lipinski definition) is 1. The molecule has 2 aromatic rings. The minimum Gasteiger partial charge on any atom is -0.399 e. The summed E-state index contributed by atoms with van der Waals surface area (Å²) < 4.78 is 0. The molecule has 128 valence electrons. The maximum atomic E-state index is 12.8. The Morgan fingerprint density at radius 3 is 2.75 bits per heavy atom. The SMILES string of the molecule is Cc1ccc(N)cc1C(=O)N1CCCN(c2cccnn2)CC1.Cl. The van der Waals surface area contributed by atoms with Crippen LogP contribution in [0.5, 0.6) is 0 Å². The fourth-order valence-electron chi connectivity index (χ4n) is 2.85. The highest BCUT2D eigenvalue weighted by Crippen LogP contribution is 2.18. The normalized spacial score (nSPS) is 14.7. The van der Waals surface area contributed by atoms with Crippen molar-refractivity contribution in [2.75, 3.05) is 36.8 Å². The molecule has 1 aromatic carbocycles. The fraction of sp³-hybridized carbons (Fsp3) is 0.353. The van der Waals surface area contributed by atoms with E-state index in [1.54, 1.807) is 12.3 Å². The molecule has 24 heavy (non-hydrogen) atoms. The number of rotatable bonds is 2. The average Bonchev–Trinajstić information content (AvgIpc) is 2.83. The van der Waals surface area contributed by atoms with E-state index in [0.29, 0.717) is 17.8 Å². The van der Waals surface area contributed by atoms with E-state index in [1.807, 2.05) is 36.1 Å². The molecule has 0 spiro atoms. The second kappa shape index (κ2) is 7.97. The van der Waals surface area contributed by atoms with Crippen LogP contribution in [-0.2, 0) is 0 Å². The summed E-state index contributed by atoms with van der Waals surface area (Å²) >= 11 is 0. The van der Waals surface area contributed by atoms with Gasteiger partial charge in [-0.15, -0.1) is 17.5 Å². The lowest BCUT2D eigenvalue weighted by molar-refractivity contribution is 0.0766. The van der Waals surface area contributed by atoms with Crippen molar-refractivity contribution in [3.05, 3.63) is 47.7 Å². The Morgan fingerprint density at radius 1 is 1.17 bits per heavy atom. The summed E-state index contributed by atoms with van der Waals surface area (Å²) in [6.45, 7) is 4.98. The van der Waals surface area contributed by atoms with Crippen molar-refractivity contribution in [2.24, 2.45) is 0 Å². The van der Waals surface area contributed by atoms with Gasteiger partial charge in [-0.2, -0.15) is 5.10 Å². The number of carbonyl (C=O) groups excluding carboxylic acids is 1. The van der Waals surface area contributed by atoms with Crippen molar-refractivity contribution < 1.29 is 4.79 Å². The smallest absolute Gasteiger partial charge is 0.254 e. The number of aryl methyl sites for hydroxylation is 1. The number of amides is 1. The van der Waals surface area contributed by atoms with E-state index in [4.69, 9.17) is 5.73 Å². The van der Waals surface area contributed by atoms with E-state index in [0.717, 1.165) is 37.4 Å². The lowest BCUT2D eigenvalue weighted by atomic mass is 10.1. The molecule has 1 aliphatic rings. The highest BCUT2D eigenvalue weighted by atomic mass is 35.5. The molecular formula is C17H22ClN5O. The molecule has 1 saturated heterocycles. The minimum atomic E-state index is 0. The molecular weight excluding hydrogens is 326 g/mol. The van der Waals surface area contributed by atoms with E-state index in [2.05, 4.69) is 15.1 Å². The molecule has 7 heteroatoms. The molecule has 0 saturated carbocycles. The Hall–Kier alpha value is -2.34. The topological polar surface area (TPSA) is 75.4 Å². The van der Waals surface area contributed by atoms with Gasteiger partial charge in [0.2, 0.25) is 0 Å². The number of nitrogens with two attached hydrogens (primary N) is 1. The van der Waals surface area contributed by atoms with E-state index >= 15 is 0 Å². The standard InChI is InChI=1S/C17H21N5O.ClH/c1-13-5-6-14(18)12-15(13)17(23)22-9-3-8-21(10-11-22)16-4-2-7-19-20-16;/h2,4-7,12H,3,8-11,18H2,1H3;1H. The van der Waals surface area contributed by atoms with Crippen LogP contribution >= 0.6 is 12.4 Å². The van der Waals surface area contributed by atoms with Crippen molar-refractivity contribution in [3.63, 3.8) is 0 Å². The molecule has 0 bridgehead atoms. The molecule has 2 heterocycles. The van der Waals surface area contributed by atoms with Gasteiger partial charge in [0, 0.05) is 43.6 Å². The zero-order valence-corrected chi connectivity index (χ0v) is 14.5. The van der Waals surface area contributed by atoms with Gasteiger partial charge in [-0.25, -0.2) is 0 Å². The first-order chi connectivity index (χ1) is 11.1. The molecule has 1 fully saturated rings. The Labute approximate surface area is 148 Å². The van der Waals surface area contributed by atoms with Crippen LogP contribution in [0.1, 0.15) is 22.3 Å². The fourth-order valence-corrected chi connectivity index (χ4v) is 2.85. The third-order valence-electron chi connectivity index (χ3n) is 4.16. The number of benzene rings is 1. The lowest BCUT2D eigenvalue weighted by Crippen LogP contribution is -2.35. The summed E-state index contributed by atoms with van der Waals surface area (Å²) in [4.78, 5) is 16.9. The maximum Gasteiger partial charge on any atom is 0.254 e.